The van der Waals surface area contributed by atoms with Crippen LogP contribution in [0, 0.1) is 13.8 Å². The zero-order valence-electron chi connectivity index (χ0n) is 13.3. The molecule has 0 fully saturated rings. The lowest BCUT2D eigenvalue weighted by molar-refractivity contribution is 0.372. The number of nitrogens with zero attached hydrogens (tertiary/aromatic N) is 3. The molecule has 0 aliphatic rings. The molecule has 1 aromatic heterocycles. The Morgan fingerprint density at radius 2 is 1.82 bits per heavy atom. The molecule has 3 rings (SSSR count). The van der Waals surface area contributed by atoms with Crippen molar-refractivity contribution in [1.82, 2.24) is 14.8 Å². The van der Waals surface area contributed by atoms with Crippen LogP contribution >= 0.6 is 0 Å². The van der Waals surface area contributed by atoms with Crippen LogP contribution in [0.1, 0.15) is 35.6 Å². The largest absolute Gasteiger partial charge is 0.238 e. The van der Waals surface area contributed by atoms with Gasteiger partial charge in [0.05, 0.1) is 0 Å². The highest BCUT2D eigenvalue weighted by molar-refractivity contribution is 5.44. The van der Waals surface area contributed by atoms with Gasteiger partial charge in [-0.15, -0.1) is 0 Å². The third kappa shape index (κ3) is 2.23. The Kier molecular flexibility index (Phi) is 3.80. The summed E-state index contributed by atoms with van der Waals surface area (Å²) in [5.74, 6) is 0. The number of benzene rings is 2. The van der Waals surface area contributed by atoms with E-state index >= 15 is 0 Å². The molecule has 0 saturated heterocycles. The predicted octanol–water partition coefficient (Wildman–Crippen LogP) is 4.10. The Labute approximate surface area is 131 Å². The van der Waals surface area contributed by atoms with Crippen LogP contribution in [0.15, 0.2) is 61.2 Å². The number of aromatic nitrogens is 3. The van der Waals surface area contributed by atoms with Crippen molar-refractivity contribution in [3.63, 3.8) is 0 Å². The van der Waals surface area contributed by atoms with Gasteiger partial charge in [0.25, 0.3) is 0 Å². The quantitative estimate of drug-likeness (QED) is 0.724. The Morgan fingerprint density at radius 1 is 1.05 bits per heavy atom. The molecule has 0 aliphatic carbocycles. The number of aryl methyl sites for hydroxylation is 2. The van der Waals surface area contributed by atoms with Crippen LogP contribution in [-0.4, -0.2) is 14.8 Å². The summed E-state index contributed by atoms with van der Waals surface area (Å²) in [6, 6.07) is 17.2. The summed E-state index contributed by atoms with van der Waals surface area (Å²) in [6.07, 6.45) is 4.33. The molecule has 0 aliphatic heterocycles. The number of hydrogen-bond donors (Lipinski definition) is 0. The van der Waals surface area contributed by atoms with E-state index in [2.05, 4.69) is 73.3 Å². The maximum absolute atomic E-state index is 4.49. The van der Waals surface area contributed by atoms with Crippen molar-refractivity contribution in [3.8, 4) is 0 Å². The molecule has 0 amide bonds. The van der Waals surface area contributed by atoms with E-state index in [4.69, 9.17) is 0 Å². The van der Waals surface area contributed by atoms with Gasteiger partial charge in [-0.25, -0.2) is 9.67 Å². The molecule has 1 atom stereocenters. The van der Waals surface area contributed by atoms with Gasteiger partial charge in [0.2, 0.25) is 0 Å². The molecule has 3 nitrogen and oxygen atoms in total. The van der Waals surface area contributed by atoms with Crippen LogP contribution < -0.4 is 0 Å². The second-order valence-corrected chi connectivity index (χ2v) is 5.74. The summed E-state index contributed by atoms with van der Waals surface area (Å²) in [6.45, 7) is 6.51. The monoisotopic (exact) mass is 291 g/mol. The van der Waals surface area contributed by atoms with Gasteiger partial charge in [0, 0.05) is 0 Å². The smallest absolute Gasteiger partial charge is 0.137 e. The van der Waals surface area contributed by atoms with E-state index in [9.17, 15) is 0 Å². The Bertz CT molecular complexity index is 748. The summed E-state index contributed by atoms with van der Waals surface area (Å²) in [4.78, 5) is 4.19. The standard InChI is InChI=1S/C19H21N3/c1-4-19(22-14-20-13-21-22,17-8-6-5-7-9-17)18-12-15(2)10-11-16(18)3/h5-14H,4H2,1-3H3. The van der Waals surface area contributed by atoms with Crippen LogP contribution in [0.5, 0.6) is 0 Å². The van der Waals surface area contributed by atoms with Crippen molar-refractivity contribution in [2.45, 2.75) is 32.7 Å². The second kappa shape index (κ2) is 5.76. The van der Waals surface area contributed by atoms with E-state index in [1.54, 1.807) is 6.33 Å². The van der Waals surface area contributed by atoms with E-state index in [1.165, 1.54) is 22.3 Å². The topological polar surface area (TPSA) is 30.7 Å². The van der Waals surface area contributed by atoms with Crippen molar-refractivity contribution in [2.75, 3.05) is 0 Å². The Hall–Kier alpha value is -2.42. The summed E-state index contributed by atoms with van der Waals surface area (Å²) >= 11 is 0. The fourth-order valence-corrected chi connectivity index (χ4v) is 3.27. The van der Waals surface area contributed by atoms with Crippen molar-refractivity contribution in [1.29, 1.82) is 0 Å². The molecular weight excluding hydrogens is 270 g/mol. The molecule has 112 valence electrons. The molecule has 0 saturated carbocycles. The molecule has 2 aromatic carbocycles. The Balaban J connectivity index is 2.34. The van der Waals surface area contributed by atoms with Gasteiger partial charge in [0.1, 0.15) is 18.2 Å². The predicted molar refractivity (Wildman–Crippen MR) is 88.8 cm³/mol. The summed E-state index contributed by atoms with van der Waals surface area (Å²) in [7, 11) is 0. The van der Waals surface area contributed by atoms with Crippen LogP contribution in [-0.2, 0) is 5.54 Å². The minimum absolute atomic E-state index is 0.326. The molecule has 1 unspecified atom stereocenters. The molecule has 3 heteroatoms. The van der Waals surface area contributed by atoms with E-state index in [-0.39, 0.29) is 5.54 Å². The SMILES string of the molecule is CCC(c1ccccc1)(c1cc(C)ccc1C)n1cncn1. The summed E-state index contributed by atoms with van der Waals surface area (Å²) in [5.41, 5.74) is 4.72. The maximum Gasteiger partial charge on any atom is 0.137 e. The first-order chi connectivity index (χ1) is 10.7. The third-order valence-corrected chi connectivity index (χ3v) is 4.41. The third-order valence-electron chi connectivity index (χ3n) is 4.41. The van der Waals surface area contributed by atoms with Crippen LogP contribution in [0.3, 0.4) is 0 Å². The molecule has 3 aromatic rings. The molecule has 22 heavy (non-hydrogen) atoms. The maximum atomic E-state index is 4.49. The first-order valence-electron chi connectivity index (χ1n) is 7.67. The van der Waals surface area contributed by atoms with Gasteiger partial charge >= 0.3 is 0 Å². The molecule has 1 heterocycles. The highest BCUT2D eigenvalue weighted by Gasteiger charge is 2.36. The fraction of sp³-hybridized carbons (Fsp3) is 0.263. The lowest BCUT2D eigenvalue weighted by atomic mass is 9.78. The van der Waals surface area contributed by atoms with Crippen molar-refractivity contribution in [2.24, 2.45) is 0 Å². The zero-order valence-corrected chi connectivity index (χ0v) is 13.3. The van der Waals surface area contributed by atoms with Gasteiger partial charge in [-0.1, -0.05) is 61.0 Å². The van der Waals surface area contributed by atoms with Gasteiger partial charge < -0.3 is 0 Å². The Morgan fingerprint density at radius 3 is 2.45 bits per heavy atom. The van der Waals surface area contributed by atoms with E-state index in [0.29, 0.717) is 0 Å². The van der Waals surface area contributed by atoms with E-state index in [1.807, 2.05) is 17.1 Å². The lowest BCUT2D eigenvalue weighted by Crippen LogP contribution is -2.37. The van der Waals surface area contributed by atoms with Gasteiger partial charge in [-0.2, -0.15) is 5.10 Å². The normalized spacial score (nSPS) is 13.8. The first kappa shape index (κ1) is 14.5. The van der Waals surface area contributed by atoms with Gasteiger partial charge in [-0.05, 0) is 37.0 Å². The highest BCUT2D eigenvalue weighted by atomic mass is 15.4. The molecule has 0 radical (unpaired) electrons. The molecule has 0 N–H and O–H groups in total. The first-order valence-corrected chi connectivity index (χ1v) is 7.67. The van der Waals surface area contributed by atoms with Crippen LogP contribution in [0.4, 0.5) is 0 Å². The van der Waals surface area contributed by atoms with Crippen molar-refractivity contribution >= 4 is 0 Å². The van der Waals surface area contributed by atoms with Crippen molar-refractivity contribution in [3.05, 3.63) is 83.4 Å². The summed E-state index contributed by atoms with van der Waals surface area (Å²) < 4.78 is 1.99. The van der Waals surface area contributed by atoms with E-state index < -0.39 is 0 Å². The van der Waals surface area contributed by atoms with Crippen LogP contribution in [0.2, 0.25) is 0 Å². The number of rotatable bonds is 4. The molecule has 0 bridgehead atoms. The van der Waals surface area contributed by atoms with Crippen LogP contribution in [0.25, 0.3) is 0 Å². The molecule has 0 spiro atoms. The lowest BCUT2D eigenvalue weighted by Gasteiger charge is -2.35. The fourth-order valence-electron chi connectivity index (χ4n) is 3.27. The van der Waals surface area contributed by atoms with Gasteiger partial charge in [-0.3, -0.25) is 0 Å². The minimum Gasteiger partial charge on any atom is -0.238 e. The zero-order chi connectivity index (χ0) is 15.6. The molecular formula is C19H21N3. The second-order valence-electron chi connectivity index (χ2n) is 5.74. The average molecular weight is 291 g/mol. The van der Waals surface area contributed by atoms with Crippen molar-refractivity contribution < 1.29 is 0 Å². The average Bonchev–Trinajstić information content (AvgIpc) is 3.08. The highest BCUT2D eigenvalue weighted by Crippen LogP contribution is 2.38. The minimum atomic E-state index is -0.326. The van der Waals surface area contributed by atoms with E-state index in [0.717, 1.165) is 6.42 Å². The number of hydrogen-bond acceptors (Lipinski definition) is 2. The van der Waals surface area contributed by atoms with Gasteiger partial charge in [0.15, 0.2) is 0 Å². The summed E-state index contributed by atoms with van der Waals surface area (Å²) in [5, 5.41) is 4.49.